The van der Waals surface area contributed by atoms with E-state index in [1.165, 1.54) is 0 Å². The fourth-order valence-electron chi connectivity index (χ4n) is 9.73. The third-order valence-corrected chi connectivity index (χ3v) is 12.6. The molecule has 4 heterocycles. The molecular formula is C58H34N6O. The molecule has 0 aliphatic rings. The summed E-state index contributed by atoms with van der Waals surface area (Å²) in [6.45, 7) is 0. The van der Waals surface area contributed by atoms with Crippen molar-refractivity contribution in [2.75, 3.05) is 0 Å². The van der Waals surface area contributed by atoms with Crippen LogP contribution in [0.1, 0.15) is 5.56 Å². The van der Waals surface area contributed by atoms with Gasteiger partial charge in [-0.15, -0.1) is 0 Å². The maximum Gasteiger partial charge on any atom is 0.164 e. The van der Waals surface area contributed by atoms with Crippen LogP contribution in [-0.4, -0.2) is 24.1 Å². The van der Waals surface area contributed by atoms with E-state index in [1.807, 2.05) is 84.9 Å². The van der Waals surface area contributed by atoms with Crippen molar-refractivity contribution in [1.82, 2.24) is 24.1 Å². The van der Waals surface area contributed by atoms with Gasteiger partial charge in [0.2, 0.25) is 0 Å². The zero-order chi connectivity index (χ0) is 43.0. The van der Waals surface area contributed by atoms with Crippen molar-refractivity contribution in [2.45, 2.75) is 0 Å². The summed E-state index contributed by atoms with van der Waals surface area (Å²) in [7, 11) is 0. The summed E-state index contributed by atoms with van der Waals surface area (Å²) < 4.78 is 11.4. The molecule has 302 valence electrons. The second-order valence-corrected chi connectivity index (χ2v) is 16.3. The van der Waals surface area contributed by atoms with Crippen LogP contribution >= 0.6 is 0 Å². The number of nitriles is 1. The molecule has 0 fully saturated rings. The van der Waals surface area contributed by atoms with E-state index >= 15 is 0 Å². The first kappa shape index (κ1) is 36.5. The molecule has 0 spiro atoms. The number of furan rings is 1. The van der Waals surface area contributed by atoms with Gasteiger partial charge in [0.15, 0.2) is 17.5 Å². The smallest absolute Gasteiger partial charge is 0.164 e. The largest absolute Gasteiger partial charge is 0.455 e. The van der Waals surface area contributed by atoms with Crippen LogP contribution < -0.4 is 0 Å². The summed E-state index contributed by atoms with van der Waals surface area (Å²) in [4.78, 5) is 15.1. The number of rotatable bonds is 6. The lowest BCUT2D eigenvalue weighted by Gasteiger charge is -2.13. The third kappa shape index (κ3) is 5.71. The van der Waals surface area contributed by atoms with Gasteiger partial charge in [-0.3, -0.25) is 0 Å². The van der Waals surface area contributed by atoms with Crippen molar-refractivity contribution in [3.63, 3.8) is 0 Å². The van der Waals surface area contributed by atoms with Crippen LogP contribution in [-0.2, 0) is 0 Å². The van der Waals surface area contributed by atoms with E-state index in [0.29, 0.717) is 28.6 Å². The number of nitrogens with zero attached hydrogens (tertiary/aromatic N) is 6. The highest BCUT2D eigenvalue weighted by Gasteiger charge is 2.24. The summed E-state index contributed by atoms with van der Waals surface area (Å²) in [6, 6.07) is 73.0. The minimum atomic E-state index is 0.482. The standard InChI is InChI=1S/C58H34N6O/c59-35-41-34-40(58-61-56(37-17-6-2-7-18-37)60-57(62-58)39-20-14-19-38(33-39)36-15-4-1-5-16-36)27-29-46(41)64-48-26-13-10-23-43(48)52-49(64)31-32-51-54(52)45-28-30-50-53(55(45)65-51)44-24-11-12-25-47(44)63(50)42-21-8-3-9-22-42/h1-34H. The van der Waals surface area contributed by atoms with Crippen LogP contribution in [0.2, 0.25) is 0 Å². The van der Waals surface area contributed by atoms with Gasteiger partial charge in [0.05, 0.1) is 38.7 Å². The third-order valence-electron chi connectivity index (χ3n) is 12.6. The highest BCUT2D eigenvalue weighted by molar-refractivity contribution is 6.31. The molecule has 0 N–H and O–H groups in total. The molecule has 13 aromatic rings. The van der Waals surface area contributed by atoms with Gasteiger partial charge in [-0.1, -0.05) is 133 Å². The molecule has 0 aliphatic carbocycles. The summed E-state index contributed by atoms with van der Waals surface area (Å²) in [5.74, 6) is 1.59. The molecule has 0 atom stereocenters. The normalized spacial score (nSPS) is 11.7. The Labute approximate surface area is 372 Å². The lowest BCUT2D eigenvalue weighted by Crippen LogP contribution is -2.02. The van der Waals surface area contributed by atoms with Crippen molar-refractivity contribution in [3.05, 3.63) is 212 Å². The van der Waals surface area contributed by atoms with Crippen molar-refractivity contribution in [1.29, 1.82) is 5.26 Å². The number of benzene rings is 9. The van der Waals surface area contributed by atoms with E-state index in [1.54, 1.807) is 0 Å². The number of hydrogen-bond acceptors (Lipinski definition) is 5. The first-order valence-corrected chi connectivity index (χ1v) is 21.6. The minimum Gasteiger partial charge on any atom is -0.455 e. The molecule has 0 saturated heterocycles. The van der Waals surface area contributed by atoms with E-state index in [9.17, 15) is 5.26 Å². The average molecular weight is 831 g/mol. The summed E-state index contributed by atoms with van der Waals surface area (Å²) >= 11 is 0. The lowest BCUT2D eigenvalue weighted by molar-refractivity contribution is 0.673. The van der Waals surface area contributed by atoms with E-state index in [0.717, 1.165) is 99.2 Å². The van der Waals surface area contributed by atoms with Crippen molar-refractivity contribution in [2.24, 2.45) is 0 Å². The number of aromatic nitrogens is 5. The van der Waals surface area contributed by atoms with Gasteiger partial charge in [-0.25, -0.2) is 15.0 Å². The number of fused-ring (bicyclic) bond motifs is 11. The molecule has 0 amide bonds. The highest BCUT2D eigenvalue weighted by atomic mass is 16.3. The van der Waals surface area contributed by atoms with Crippen molar-refractivity contribution in [3.8, 4) is 62.7 Å². The average Bonchev–Trinajstić information content (AvgIpc) is 4.04. The van der Waals surface area contributed by atoms with Crippen LogP contribution in [0.4, 0.5) is 0 Å². The molecule has 65 heavy (non-hydrogen) atoms. The topological polar surface area (TPSA) is 85.5 Å². The second-order valence-electron chi connectivity index (χ2n) is 16.3. The predicted molar refractivity (Wildman–Crippen MR) is 262 cm³/mol. The molecule has 0 bridgehead atoms. The monoisotopic (exact) mass is 830 g/mol. The summed E-state index contributed by atoms with van der Waals surface area (Å²) in [6.07, 6.45) is 0. The van der Waals surface area contributed by atoms with Crippen molar-refractivity contribution < 1.29 is 4.42 Å². The Bertz CT molecular complexity index is 4070. The van der Waals surface area contributed by atoms with Gasteiger partial charge in [-0.05, 0) is 83.9 Å². The van der Waals surface area contributed by atoms with E-state index < -0.39 is 0 Å². The second kappa shape index (κ2) is 14.5. The maximum atomic E-state index is 11.0. The predicted octanol–water partition coefficient (Wildman–Crippen LogP) is 14.5. The summed E-state index contributed by atoms with van der Waals surface area (Å²) in [5.41, 5.74) is 12.8. The molecule has 9 aromatic carbocycles. The van der Waals surface area contributed by atoms with Crippen LogP contribution in [0.25, 0.3) is 122 Å². The lowest BCUT2D eigenvalue weighted by atomic mass is 10.0. The van der Waals surface area contributed by atoms with Gasteiger partial charge in [-0.2, -0.15) is 5.26 Å². The fraction of sp³-hybridized carbons (Fsp3) is 0. The van der Waals surface area contributed by atoms with Gasteiger partial charge < -0.3 is 13.6 Å². The highest BCUT2D eigenvalue weighted by Crippen LogP contribution is 2.45. The molecule has 7 heteroatoms. The molecule has 0 aliphatic heterocycles. The van der Waals surface area contributed by atoms with E-state index in [-0.39, 0.29) is 0 Å². The molecule has 13 rings (SSSR count). The molecule has 0 saturated carbocycles. The Morgan fingerprint density at radius 2 is 0.938 bits per heavy atom. The van der Waals surface area contributed by atoms with Crippen LogP contribution in [0.5, 0.6) is 0 Å². The fourth-order valence-corrected chi connectivity index (χ4v) is 9.73. The Morgan fingerprint density at radius 3 is 1.66 bits per heavy atom. The van der Waals surface area contributed by atoms with E-state index in [2.05, 4.69) is 137 Å². The van der Waals surface area contributed by atoms with Gasteiger partial charge >= 0.3 is 0 Å². The van der Waals surface area contributed by atoms with Gasteiger partial charge in [0, 0.05) is 49.3 Å². The van der Waals surface area contributed by atoms with Gasteiger partial charge in [0.1, 0.15) is 17.2 Å². The first-order valence-electron chi connectivity index (χ1n) is 21.6. The number of para-hydroxylation sites is 3. The zero-order valence-corrected chi connectivity index (χ0v) is 34.7. The van der Waals surface area contributed by atoms with Gasteiger partial charge in [0.25, 0.3) is 0 Å². The summed E-state index contributed by atoms with van der Waals surface area (Å²) in [5, 5.41) is 17.4. The molecule has 0 radical (unpaired) electrons. The molecular weight excluding hydrogens is 797 g/mol. The molecule has 4 aromatic heterocycles. The van der Waals surface area contributed by atoms with E-state index in [4.69, 9.17) is 19.4 Å². The van der Waals surface area contributed by atoms with Crippen LogP contribution in [0.3, 0.4) is 0 Å². The van der Waals surface area contributed by atoms with Crippen LogP contribution in [0, 0.1) is 11.3 Å². The minimum absolute atomic E-state index is 0.482. The Balaban J connectivity index is 0.996. The Hall–Kier alpha value is -9.12. The maximum absolute atomic E-state index is 11.0. The van der Waals surface area contributed by atoms with Crippen LogP contribution in [0.15, 0.2) is 211 Å². The first-order chi connectivity index (χ1) is 32.2. The quantitative estimate of drug-likeness (QED) is 0.167. The Kier molecular flexibility index (Phi) is 8.14. The molecule has 0 unspecified atom stereocenters. The SMILES string of the molecule is N#Cc1cc(-c2nc(-c3ccccc3)nc(-c3cccc(-c4ccccc4)c3)n2)ccc1-n1c2ccccc2c2c3c(ccc21)oc1c3ccc2c1c1ccccc1n2-c1ccccc1. The number of hydrogen-bond donors (Lipinski definition) is 0. The van der Waals surface area contributed by atoms with Crippen molar-refractivity contribution >= 4 is 65.6 Å². The molecule has 7 nitrogen and oxygen atoms in total. The zero-order valence-electron chi connectivity index (χ0n) is 34.7. The Morgan fingerprint density at radius 1 is 0.385 bits per heavy atom.